The van der Waals surface area contributed by atoms with E-state index in [1.807, 2.05) is 31.2 Å². The van der Waals surface area contributed by atoms with Crippen LogP contribution in [0.25, 0.3) is 16.8 Å². The molecule has 190 valence electrons. The third-order valence-electron chi connectivity index (χ3n) is 8.28. The smallest absolute Gasteiger partial charge is 0.233 e. The molecule has 5 rings (SSSR count). The van der Waals surface area contributed by atoms with E-state index in [2.05, 4.69) is 26.0 Å². The van der Waals surface area contributed by atoms with Crippen molar-refractivity contribution in [3.8, 4) is 5.75 Å². The van der Waals surface area contributed by atoms with Crippen molar-refractivity contribution in [3.05, 3.63) is 58.7 Å². The molecule has 3 aliphatic rings. The van der Waals surface area contributed by atoms with E-state index >= 15 is 0 Å². The van der Waals surface area contributed by atoms with Gasteiger partial charge in [-0.1, -0.05) is 67.8 Å². The summed E-state index contributed by atoms with van der Waals surface area (Å²) >= 11 is 0. The summed E-state index contributed by atoms with van der Waals surface area (Å²) in [5.41, 5.74) is 5.02. The number of fused-ring (bicyclic) bond motifs is 4. The minimum Gasteiger partial charge on any atom is -0.507 e. The van der Waals surface area contributed by atoms with E-state index in [0.717, 1.165) is 48.4 Å². The van der Waals surface area contributed by atoms with Gasteiger partial charge >= 0.3 is 0 Å². The number of amides is 2. The molecule has 2 fully saturated rings. The zero-order valence-electron chi connectivity index (χ0n) is 21.6. The molecule has 0 spiro atoms. The van der Waals surface area contributed by atoms with Crippen LogP contribution in [0.4, 0.5) is 0 Å². The van der Waals surface area contributed by atoms with Crippen molar-refractivity contribution in [2.45, 2.75) is 65.4 Å². The standard InChI is InChI=1S/C31H37NO4/c1-4-8-20(17-21-12-13-26(33)23-10-7-6-9-22(21)23)11-14-27-28-19(3)16-24-29(25(28)18-36-27)31(35)32(15-5-2)30(24)34/h6-7,9-10,12-13,17,24-25,27,29,33H,4-5,8,11,14-16,18H2,1-3H3/b20-17+/t24-,25+,27-,29-/m1/s1. The first kappa shape index (κ1) is 24.8. The molecule has 1 aliphatic carbocycles. The van der Waals surface area contributed by atoms with E-state index in [1.54, 1.807) is 6.07 Å². The highest BCUT2D eigenvalue weighted by Gasteiger charge is 2.56. The fraction of sp³-hybridized carbons (Fsp3) is 0.484. The molecule has 2 aromatic rings. The van der Waals surface area contributed by atoms with Crippen molar-refractivity contribution in [2.75, 3.05) is 13.2 Å². The number of likely N-dealkylation sites (tertiary alicyclic amines) is 1. The van der Waals surface area contributed by atoms with Gasteiger partial charge in [0.05, 0.1) is 24.5 Å². The van der Waals surface area contributed by atoms with E-state index in [1.165, 1.54) is 21.6 Å². The lowest BCUT2D eigenvalue weighted by Gasteiger charge is -2.30. The molecule has 5 nitrogen and oxygen atoms in total. The van der Waals surface area contributed by atoms with Crippen LogP contribution in [0.1, 0.15) is 64.9 Å². The number of hydrogen-bond acceptors (Lipinski definition) is 4. The molecule has 4 atom stereocenters. The molecule has 0 radical (unpaired) electrons. The fourth-order valence-corrected chi connectivity index (χ4v) is 6.70. The number of ether oxygens (including phenoxy) is 1. The number of rotatable bonds is 8. The van der Waals surface area contributed by atoms with Crippen molar-refractivity contribution in [2.24, 2.45) is 17.8 Å². The molecule has 0 aromatic heterocycles. The maximum atomic E-state index is 13.2. The maximum absolute atomic E-state index is 13.2. The number of hydrogen-bond donors (Lipinski definition) is 1. The molecule has 2 heterocycles. The van der Waals surface area contributed by atoms with Crippen LogP contribution in [0, 0.1) is 17.8 Å². The number of imide groups is 1. The Labute approximate surface area is 213 Å². The summed E-state index contributed by atoms with van der Waals surface area (Å²) in [6.07, 6.45) is 7.62. The Morgan fingerprint density at radius 1 is 1.03 bits per heavy atom. The molecule has 1 N–H and O–H groups in total. The number of phenolic OH excluding ortho intramolecular Hbond substituents is 1. The van der Waals surface area contributed by atoms with Crippen LogP contribution in [0.15, 0.2) is 53.1 Å². The zero-order chi connectivity index (χ0) is 25.4. The number of nitrogens with zero attached hydrogens (tertiary/aromatic N) is 1. The van der Waals surface area contributed by atoms with E-state index in [9.17, 15) is 14.7 Å². The summed E-state index contributed by atoms with van der Waals surface area (Å²) < 4.78 is 6.32. The summed E-state index contributed by atoms with van der Waals surface area (Å²) in [6, 6.07) is 11.7. The van der Waals surface area contributed by atoms with Gasteiger partial charge in [-0.25, -0.2) is 0 Å². The average Bonchev–Trinajstić information content (AvgIpc) is 3.40. The molecule has 0 bridgehead atoms. The first-order valence-electron chi connectivity index (χ1n) is 13.5. The molecule has 2 amide bonds. The normalized spacial score (nSPS) is 26.2. The van der Waals surface area contributed by atoms with Gasteiger partial charge in [0.25, 0.3) is 0 Å². The average molecular weight is 488 g/mol. The van der Waals surface area contributed by atoms with Gasteiger partial charge in [-0.3, -0.25) is 14.5 Å². The highest BCUT2D eigenvalue weighted by molar-refractivity contribution is 6.06. The second kappa shape index (κ2) is 10.2. The lowest BCUT2D eigenvalue weighted by Crippen LogP contribution is -2.34. The summed E-state index contributed by atoms with van der Waals surface area (Å²) in [7, 11) is 0. The zero-order valence-corrected chi connectivity index (χ0v) is 21.6. The number of carbonyl (C=O) groups is 2. The first-order valence-corrected chi connectivity index (χ1v) is 13.5. The lowest BCUT2D eigenvalue weighted by atomic mass is 9.70. The number of carbonyl (C=O) groups excluding carboxylic acids is 2. The predicted molar refractivity (Wildman–Crippen MR) is 142 cm³/mol. The second-order valence-corrected chi connectivity index (χ2v) is 10.6. The van der Waals surface area contributed by atoms with Gasteiger partial charge in [0.1, 0.15) is 5.75 Å². The third-order valence-corrected chi connectivity index (χ3v) is 8.28. The van der Waals surface area contributed by atoms with Crippen LogP contribution in [-0.4, -0.2) is 41.1 Å². The SMILES string of the molecule is CCC/C(=C\c1ccc(O)c2ccccc12)CC[C@H]1OC[C@H]2C1=C(C)C[C@H]1C(=O)N(CCC)C(=O)[C@H]12. The van der Waals surface area contributed by atoms with Crippen molar-refractivity contribution in [1.82, 2.24) is 4.90 Å². The number of allylic oxidation sites excluding steroid dienone is 2. The van der Waals surface area contributed by atoms with Gasteiger partial charge in [-0.2, -0.15) is 0 Å². The van der Waals surface area contributed by atoms with Gasteiger partial charge in [0, 0.05) is 17.8 Å². The molecule has 36 heavy (non-hydrogen) atoms. The van der Waals surface area contributed by atoms with E-state index in [4.69, 9.17) is 4.74 Å². The topological polar surface area (TPSA) is 66.8 Å². The Bertz CT molecular complexity index is 1240. The first-order chi connectivity index (χ1) is 17.4. The highest BCUT2D eigenvalue weighted by atomic mass is 16.5. The summed E-state index contributed by atoms with van der Waals surface area (Å²) in [6.45, 7) is 7.39. The van der Waals surface area contributed by atoms with Gasteiger partial charge in [0.15, 0.2) is 0 Å². The quantitative estimate of drug-likeness (QED) is 0.353. The van der Waals surface area contributed by atoms with Gasteiger partial charge in [-0.15, -0.1) is 0 Å². The molecular formula is C31H37NO4. The summed E-state index contributed by atoms with van der Waals surface area (Å²) in [4.78, 5) is 27.6. The minimum absolute atomic E-state index is 0.0101. The number of benzene rings is 2. The Kier molecular flexibility index (Phi) is 7.03. The van der Waals surface area contributed by atoms with Crippen molar-refractivity contribution in [1.29, 1.82) is 0 Å². The molecule has 0 unspecified atom stereocenters. The molecular weight excluding hydrogens is 450 g/mol. The minimum atomic E-state index is -0.248. The monoisotopic (exact) mass is 487 g/mol. The van der Waals surface area contributed by atoms with Gasteiger partial charge in [-0.05, 0) is 61.6 Å². The lowest BCUT2D eigenvalue weighted by molar-refractivity contribution is -0.140. The van der Waals surface area contributed by atoms with Crippen LogP contribution in [0.5, 0.6) is 5.75 Å². The molecule has 5 heteroatoms. The summed E-state index contributed by atoms with van der Waals surface area (Å²) in [5.74, 6) is -0.0903. The molecule has 0 saturated carbocycles. The van der Waals surface area contributed by atoms with Crippen LogP contribution in [0.2, 0.25) is 0 Å². The number of aromatic hydroxyl groups is 1. The Morgan fingerprint density at radius 3 is 2.56 bits per heavy atom. The van der Waals surface area contributed by atoms with Gasteiger partial charge in [0.2, 0.25) is 11.8 Å². The largest absolute Gasteiger partial charge is 0.507 e. The van der Waals surface area contributed by atoms with E-state index < -0.39 is 0 Å². The van der Waals surface area contributed by atoms with E-state index in [0.29, 0.717) is 25.3 Å². The Balaban J connectivity index is 1.36. The molecule has 2 aliphatic heterocycles. The van der Waals surface area contributed by atoms with Crippen LogP contribution in [0.3, 0.4) is 0 Å². The third kappa shape index (κ3) is 4.28. The summed E-state index contributed by atoms with van der Waals surface area (Å²) in [5, 5.41) is 12.2. The maximum Gasteiger partial charge on any atom is 0.233 e. The highest BCUT2D eigenvalue weighted by Crippen LogP contribution is 2.49. The molecule has 2 aromatic carbocycles. The van der Waals surface area contributed by atoms with Crippen LogP contribution >= 0.6 is 0 Å². The van der Waals surface area contributed by atoms with Crippen LogP contribution in [-0.2, 0) is 14.3 Å². The predicted octanol–water partition coefficient (Wildman–Crippen LogP) is 6.26. The van der Waals surface area contributed by atoms with Crippen molar-refractivity contribution < 1.29 is 19.4 Å². The van der Waals surface area contributed by atoms with Gasteiger partial charge < -0.3 is 9.84 Å². The Morgan fingerprint density at radius 2 is 1.81 bits per heavy atom. The fourth-order valence-electron chi connectivity index (χ4n) is 6.70. The molecule has 2 saturated heterocycles. The van der Waals surface area contributed by atoms with E-state index in [-0.39, 0.29) is 35.7 Å². The second-order valence-electron chi connectivity index (χ2n) is 10.6. The van der Waals surface area contributed by atoms with Crippen molar-refractivity contribution in [3.63, 3.8) is 0 Å². The van der Waals surface area contributed by atoms with Crippen molar-refractivity contribution >= 4 is 28.7 Å². The number of phenols is 1. The Hall–Kier alpha value is -2.92. The van der Waals surface area contributed by atoms with Crippen LogP contribution < -0.4 is 0 Å².